The van der Waals surface area contributed by atoms with Crippen molar-refractivity contribution < 1.29 is 24.2 Å². The Hall–Kier alpha value is -4.82. The number of carbonyl (C=O) groups excluding carboxylic acids is 2. The van der Waals surface area contributed by atoms with Crippen LogP contribution in [-0.2, 0) is 9.53 Å². The molecule has 2 amide bonds. The standard InChI is InChI=1S/C31H31N3O5/c1-21(16-17-29(36)33-28-14-5-4-13-26(28)32)30(23-10-6-11-24(20-23)38-19-18-35)39-31(37)34-27-15-7-9-22-8-2-3-12-25(22)27/h2-17,20-21,30,35H,18-19,32H2,1H3,(H,33,36)(H,34,37)/b17-16+/t21-,30+/m0/s1. The number of carbonyl (C=O) groups is 2. The fourth-order valence-corrected chi connectivity index (χ4v) is 4.14. The smallest absolute Gasteiger partial charge is 0.412 e. The number of rotatable bonds is 10. The van der Waals surface area contributed by atoms with Gasteiger partial charge in [-0.1, -0.05) is 73.7 Å². The van der Waals surface area contributed by atoms with Gasteiger partial charge >= 0.3 is 6.09 Å². The second-order valence-corrected chi connectivity index (χ2v) is 8.92. The number of ether oxygens (including phenoxy) is 2. The van der Waals surface area contributed by atoms with Crippen LogP contribution in [0.15, 0.2) is 103 Å². The predicted octanol–water partition coefficient (Wildman–Crippen LogP) is 5.91. The third-order valence-electron chi connectivity index (χ3n) is 6.05. The van der Waals surface area contributed by atoms with Gasteiger partial charge in [0.15, 0.2) is 0 Å². The Labute approximate surface area is 227 Å². The normalized spacial score (nSPS) is 12.6. The van der Waals surface area contributed by atoms with Crippen molar-refractivity contribution in [2.24, 2.45) is 5.92 Å². The van der Waals surface area contributed by atoms with Crippen molar-refractivity contribution in [2.75, 3.05) is 29.6 Å². The minimum atomic E-state index is -0.747. The molecule has 8 nitrogen and oxygen atoms in total. The van der Waals surface area contributed by atoms with Gasteiger partial charge < -0.3 is 25.6 Å². The predicted molar refractivity (Wildman–Crippen MR) is 154 cm³/mol. The minimum absolute atomic E-state index is 0.127. The second-order valence-electron chi connectivity index (χ2n) is 8.92. The maximum absolute atomic E-state index is 13.1. The van der Waals surface area contributed by atoms with Gasteiger partial charge in [-0.2, -0.15) is 0 Å². The van der Waals surface area contributed by atoms with Crippen molar-refractivity contribution >= 4 is 39.8 Å². The van der Waals surface area contributed by atoms with Gasteiger partial charge in [0.05, 0.1) is 23.7 Å². The largest absolute Gasteiger partial charge is 0.491 e. The Morgan fingerprint density at radius 3 is 2.46 bits per heavy atom. The van der Waals surface area contributed by atoms with Crippen LogP contribution in [0, 0.1) is 5.92 Å². The fourth-order valence-electron chi connectivity index (χ4n) is 4.14. The van der Waals surface area contributed by atoms with Crippen LogP contribution in [0.3, 0.4) is 0 Å². The van der Waals surface area contributed by atoms with Crippen molar-refractivity contribution in [1.29, 1.82) is 0 Å². The third-order valence-corrected chi connectivity index (χ3v) is 6.05. The van der Waals surface area contributed by atoms with E-state index in [0.717, 1.165) is 10.8 Å². The number of anilines is 3. The van der Waals surface area contributed by atoms with E-state index >= 15 is 0 Å². The number of benzene rings is 4. The zero-order chi connectivity index (χ0) is 27.6. The van der Waals surface area contributed by atoms with Gasteiger partial charge in [0, 0.05) is 11.3 Å². The molecule has 2 atom stereocenters. The number of nitrogens with one attached hydrogen (secondary N) is 2. The van der Waals surface area contributed by atoms with Crippen molar-refractivity contribution in [3.63, 3.8) is 0 Å². The molecule has 0 radical (unpaired) electrons. The molecule has 0 saturated carbocycles. The molecule has 0 saturated heterocycles. The Bertz CT molecular complexity index is 1460. The number of para-hydroxylation sites is 2. The summed E-state index contributed by atoms with van der Waals surface area (Å²) in [6.07, 6.45) is 1.68. The average Bonchev–Trinajstić information content (AvgIpc) is 2.95. The molecule has 0 aliphatic carbocycles. The van der Waals surface area contributed by atoms with Gasteiger partial charge in [-0.05, 0) is 47.4 Å². The first kappa shape index (κ1) is 27.2. The molecule has 0 aliphatic rings. The molecule has 0 aliphatic heterocycles. The monoisotopic (exact) mass is 525 g/mol. The number of hydrogen-bond donors (Lipinski definition) is 4. The zero-order valence-corrected chi connectivity index (χ0v) is 21.5. The van der Waals surface area contributed by atoms with Crippen molar-refractivity contribution in [3.8, 4) is 5.75 Å². The van der Waals surface area contributed by atoms with Gasteiger partial charge in [0.25, 0.3) is 0 Å². The van der Waals surface area contributed by atoms with Crippen LogP contribution in [0.5, 0.6) is 5.75 Å². The van der Waals surface area contributed by atoms with Crippen molar-refractivity contribution in [1.82, 2.24) is 0 Å². The van der Waals surface area contributed by atoms with Crippen LogP contribution < -0.4 is 21.1 Å². The van der Waals surface area contributed by atoms with E-state index in [9.17, 15) is 9.59 Å². The lowest BCUT2D eigenvalue weighted by Gasteiger charge is -2.23. The molecule has 5 N–H and O–H groups in total. The first-order valence-corrected chi connectivity index (χ1v) is 12.6. The summed E-state index contributed by atoms with van der Waals surface area (Å²) >= 11 is 0. The number of nitrogen functional groups attached to an aromatic ring is 1. The maximum Gasteiger partial charge on any atom is 0.412 e. The zero-order valence-electron chi connectivity index (χ0n) is 21.5. The molecular weight excluding hydrogens is 494 g/mol. The molecule has 0 bridgehead atoms. The van der Waals surface area contributed by atoms with Crippen LogP contribution in [-0.4, -0.2) is 30.3 Å². The van der Waals surface area contributed by atoms with E-state index in [-0.39, 0.29) is 19.1 Å². The highest BCUT2D eigenvalue weighted by Crippen LogP contribution is 2.31. The van der Waals surface area contributed by atoms with E-state index in [1.807, 2.05) is 55.5 Å². The molecule has 0 fully saturated rings. The number of amides is 2. The number of nitrogens with two attached hydrogens (primary N) is 1. The molecule has 4 aromatic carbocycles. The SMILES string of the molecule is C[C@@H](/C=C/C(=O)Nc1ccccc1N)[C@@H](OC(=O)Nc1cccc2ccccc12)c1cccc(OCCO)c1. The first-order valence-electron chi connectivity index (χ1n) is 12.6. The highest BCUT2D eigenvalue weighted by Gasteiger charge is 2.23. The van der Waals surface area contributed by atoms with E-state index in [1.54, 1.807) is 48.5 Å². The van der Waals surface area contributed by atoms with Crippen LogP contribution >= 0.6 is 0 Å². The Morgan fingerprint density at radius 2 is 1.64 bits per heavy atom. The van der Waals surface area contributed by atoms with Gasteiger partial charge in [0.1, 0.15) is 18.5 Å². The van der Waals surface area contributed by atoms with Crippen molar-refractivity contribution in [3.05, 3.63) is 109 Å². The van der Waals surface area contributed by atoms with Crippen LogP contribution in [0.25, 0.3) is 10.8 Å². The summed E-state index contributed by atoms with van der Waals surface area (Å²) in [7, 11) is 0. The lowest BCUT2D eigenvalue weighted by atomic mass is 9.96. The van der Waals surface area contributed by atoms with E-state index in [2.05, 4.69) is 10.6 Å². The Morgan fingerprint density at radius 1 is 0.923 bits per heavy atom. The highest BCUT2D eigenvalue weighted by atomic mass is 16.6. The van der Waals surface area contributed by atoms with E-state index in [1.165, 1.54) is 6.08 Å². The number of hydrogen-bond acceptors (Lipinski definition) is 6. The summed E-state index contributed by atoms with van der Waals surface area (Å²) in [5.41, 5.74) is 8.18. The van der Waals surface area contributed by atoms with Gasteiger partial charge in [-0.15, -0.1) is 0 Å². The molecule has 0 spiro atoms. The fraction of sp³-hybridized carbons (Fsp3) is 0.161. The quantitative estimate of drug-likeness (QED) is 0.151. The molecule has 4 aromatic rings. The number of aliphatic hydroxyl groups excluding tert-OH is 1. The maximum atomic E-state index is 13.1. The lowest BCUT2D eigenvalue weighted by Crippen LogP contribution is -2.21. The number of aliphatic hydroxyl groups is 1. The van der Waals surface area contributed by atoms with E-state index in [0.29, 0.717) is 28.4 Å². The topological polar surface area (TPSA) is 123 Å². The van der Waals surface area contributed by atoms with Gasteiger partial charge in [-0.25, -0.2) is 4.79 Å². The molecule has 8 heteroatoms. The van der Waals surface area contributed by atoms with E-state index in [4.69, 9.17) is 20.3 Å². The summed E-state index contributed by atoms with van der Waals surface area (Å²) < 4.78 is 11.5. The third kappa shape index (κ3) is 7.37. The van der Waals surface area contributed by atoms with Crippen LogP contribution in [0.2, 0.25) is 0 Å². The minimum Gasteiger partial charge on any atom is -0.491 e. The highest BCUT2D eigenvalue weighted by molar-refractivity contribution is 6.01. The molecule has 0 aromatic heterocycles. The first-order chi connectivity index (χ1) is 18.9. The van der Waals surface area contributed by atoms with Crippen LogP contribution in [0.4, 0.5) is 21.9 Å². The molecule has 39 heavy (non-hydrogen) atoms. The molecule has 4 rings (SSSR count). The van der Waals surface area contributed by atoms with Crippen molar-refractivity contribution in [2.45, 2.75) is 13.0 Å². The van der Waals surface area contributed by atoms with Crippen LogP contribution in [0.1, 0.15) is 18.6 Å². The van der Waals surface area contributed by atoms with E-state index < -0.39 is 18.1 Å². The summed E-state index contributed by atoms with van der Waals surface area (Å²) in [6, 6.07) is 27.4. The summed E-state index contributed by atoms with van der Waals surface area (Å²) in [6.45, 7) is 1.85. The van der Waals surface area contributed by atoms with Gasteiger partial charge in [-0.3, -0.25) is 10.1 Å². The van der Waals surface area contributed by atoms with Gasteiger partial charge in [0.2, 0.25) is 5.91 Å². The average molecular weight is 526 g/mol. The summed E-state index contributed by atoms with van der Waals surface area (Å²) in [4.78, 5) is 25.7. The molecular formula is C31H31N3O5. The molecule has 200 valence electrons. The number of fused-ring (bicyclic) bond motifs is 1. The lowest BCUT2D eigenvalue weighted by molar-refractivity contribution is -0.111. The molecule has 0 unspecified atom stereocenters. The summed E-state index contributed by atoms with van der Waals surface area (Å²) in [5.74, 6) is -0.230. The Kier molecular flexibility index (Phi) is 9.16. The summed E-state index contributed by atoms with van der Waals surface area (Å²) in [5, 5.41) is 16.6. The second kappa shape index (κ2) is 13.1. The molecule has 0 heterocycles. The Balaban J connectivity index is 1.54.